The van der Waals surface area contributed by atoms with Crippen LogP contribution in [-0.4, -0.2) is 16.4 Å². The van der Waals surface area contributed by atoms with E-state index < -0.39 is 0 Å². The summed E-state index contributed by atoms with van der Waals surface area (Å²) in [4.78, 5) is 26.4. The second-order valence-electron chi connectivity index (χ2n) is 5.30. The number of aromatic nitrogens is 1. The van der Waals surface area contributed by atoms with Crippen LogP contribution in [0.15, 0.2) is 35.1 Å². The van der Waals surface area contributed by atoms with Crippen LogP contribution >= 0.6 is 0 Å². The molecule has 0 aliphatic rings. The molecule has 0 radical (unpaired) electrons. The Bertz CT molecular complexity index is 651. The van der Waals surface area contributed by atoms with Crippen molar-refractivity contribution in [2.75, 3.05) is 0 Å². The molecule has 18 heavy (non-hydrogen) atoms. The number of nitrogens with one attached hydrogen (secondary N) is 2. The molecule has 1 amide bonds. The number of benzene rings is 1. The molecule has 2 aromatic rings. The van der Waals surface area contributed by atoms with Crippen molar-refractivity contribution in [3.05, 3.63) is 46.2 Å². The highest BCUT2D eigenvalue weighted by Crippen LogP contribution is 2.15. The maximum Gasteiger partial charge on any atom is 0.252 e. The van der Waals surface area contributed by atoms with E-state index in [9.17, 15) is 9.59 Å². The maximum atomic E-state index is 12.2. The molecule has 1 aromatic carbocycles. The van der Waals surface area contributed by atoms with E-state index in [1.165, 1.54) is 6.07 Å². The quantitative estimate of drug-likeness (QED) is 0.806. The lowest BCUT2D eigenvalue weighted by atomic mass is 10.1. The summed E-state index contributed by atoms with van der Waals surface area (Å²) in [5, 5.41) is 3.61. The number of hydrogen-bond donors (Lipinski definition) is 2. The second kappa shape index (κ2) is 4.29. The van der Waals surface area contributed by atoms with Crippen LogP contribution in [-0.2, 0) is 0 Å². The number of aromatic amines is 1. The first-order chi connectivity index (χ1) is 8.37. The van der Waals surface area contributed by atoms with Crippen LogP contribution in [0.1, 0.15) is 31.1 Å². The fraction of sp³-hybridized carbons (Fsp3) is 0.286. The van der Waals surface area contributed by atoms with Crippen LogP contribution in [0.5, 0.6) is 0 Å². The van der Waals surface area contributed by atoms with Gasteiger partial charge in [-0.2, -0.15) is 0 Å². The van der Waals surface area contributed by atoms with E-state index >= 15 is 0 Å². The molecule has 0 spiro atoms. The lowest BCUT2D eigenvalue weighted by molar-refractivity contribution is 0.0921. The Morgan fingerprint density at radius 1 is 1.22 bits per heavy atom. The fourth-order valence-corrected chi connectivity index (χ4v) is 1.80. The van der Waals surface area contributed by atoms with Crippen molar-refractivity contribution in [1.29, 1.82) is 0 Å². The number of H-pyrrole nitrogens is 1. The van der Waals surface area contributed by atoms with Gasteiger partial charge in [0.1, 0.15) is 0 Å². The molecule has 1 heterocycles. The monoisotopic (exact) mass is 244 g/mol. The minimum absolute atomic E-state index is 0.232. The first kappa shape index (κ1) is 12.4. The normalized spacial score (nSPS) is 11.5. The van der Waals surface area contributed by atoms with E-state index in [2.05, 4.69) is 10.3 Å². The SMILES string of the molecule is CC(C)(C)NC(=O)c1cc(=O)[nH]c2ccccc12. The van der Waals surface area contributed by atoms with Crippen LogP contribution in [0.2, 0.25) is 0 Å². The van der Waals surface area contributed by atoms with Gasteiger partial charge in [0.25, 0.3) is 5.91 Å². The van der Waals surface area contributed by atoms with E-state index in [0.29, 0.717) is 11.1 Å². The van der Waals surface area contributed by atoms with Crippen molar-refractivity contribution >= 4 is 16.8 Å². The molecule has 0 saturated heterocycles. The summed E-state index contributed by atoms with van der Waals surface area (Å²) in [6.45, 7) is 5.71. The number of carbonyl (C=O) groups excluding carboxylic acids is 1. The number of pyridine rings is 1. The zero-order valence-corrected chi connectivity index (χ0v) is 10.7. The largest absolute Gasteiger partial charge is 0.347 e. The Labute approximate surface area is 105 Å². The molecule has 94 valence electrons. The van der Waals surface area contributed by atoms with Crippen LogP contribution in [0.25, 0.3) is 10.9 Å². The van der Waals surface area contributed by atoms with Gasteiger partial charge in [-0.25, -0.2) is 0 Å². The molecule has 4 heteroatoms. The van der Waals surface area contributed by atoms with E-state index in [0.717, 1.165) is 5.39 Å². The molecular formula is C14H16N2O2. The van der Waals surface area contributed by atoms with Gasteiger partial charge in [0.05, 0.1) is 5.56 Å². The molecule has 1 aromatic heterocycles. The Balaban J connectivity index is 2.57. The molecule has 2 rings (SSSR count). The van der Waals surface area contributed by atoms with Crippen molar-refractivity contribution in [3.63, 3.8) is 0 Å². The van der Waals surface area contributed by atoms with E-state index in [-0.39, 0.29) is 17.0 Å². The van der Waals surface area contributed by atoms with Gasteiger partial charge in [-0.05, 0) is 26.8 Å². The fourth-order valence-electron chi connectivity index (χ4n) is 1.80. The third-order valence-electron chi connectivity index (χ3n) is 2.48. The molecule has 0 saturated carbocycles. The highest BCUT2D eigenvalue weighted by atomic mass is 16.2. The standard InChI is InChI=1S/C14H16N2O2/c1-14(2,3)16-13(18)10-8-12(17)15-11-7-5-4-6-9(10)11/h4-8H,1-3H3,(H,15,17)(H,16,18). The summed E-state index contributed by atoms with van der Waals surface area (Å²) in [5.41, 5.74) is 0.474. The van der Waals surface area contributed by atoms with Gasteiger partial charge in [0, 0.05) is 22.5 Å². The zero-order chi connectivity index (χ0) is 13.3. The second-order valence-corrected chi connectivity index (χ2v) is 5.30. The van der Waals surface area contributed by atoms with Crippen molar-refractivity contribution in [2.45, 2.75) is 26.3 Å². The third kappa shape index (κ3) is 2.59. The van der Waals surface area contributed by atoms with Gasteiger partial charge in [-0.3, -0.25) is 9.59 Å². The Morgan fingerprint density at radius 2 is 1.89 bits per heavy atom. The summed E-state index contributed by atoms with van der Waals surface area (Å²) < 4.78 is 0. The van der Waals surface area contributed by atoms with Gasteiger partial charge in [-0.15, -0.1) is 0 Å². The first-order valence-electron chi connectivity index (χ1n) is 5.81. The number of hydrogen-bond acceptors (Lipinski definition) is 2. The molecule has 0 aliphatic heterocycles. The van der Waals surface area contributed by atoms with Crippen LogP contribution in [0.4, 0.5) is 0 Å². The Hall–Kier alpha value is -2.10. The summed E-state index contributed by atoms with van der Waals surface area (Å²) in [7, 11) is 0. The average Bonchev–Trinajstić information content (AvgIpc) is 2.25. The minimum Gasteiger partial charge on any atom is -0.347 e. The van der Waals surface area contributed by atoms with Crippen LogP contribution < -0.4 is 10.9 Å². The van der Waals surface area contributed by atoms with Crippen LogP contribution in [0, 0.1) is 0 Å². The Morgan fingerprint density at radius 3 is 2.56 bits per heavy atom. The molecule has 0 aliphatic carbocycles. The van der Waals surface area contributed by atoms with Gasteiger partial charge in [0.2, 0.25) is 5.56 Å². The minimum atomic E-state index is -0.333. The van der Waals surface area contributed by atoms with Crippen molar-refractivity contribution in [2.24, 2.45) is 0 Å². The maximum absolute atomic E-state index is 12.2. The summed E-state index contributed by atoms with van der Waals surface area (Å²) in [6.07, 6.45) is 0. The smallest absolute Gasteiger partial charge is 0.252 e. The zero-order valence-electron chi connectivity index (χ0n) is 10.7. The first-order valence-corrected chi connectivity index (χ1v) is 5.81. The molecule has 2 N–H and O–H groups in total. The highest BCUT2D eigenvalue weighted by Gasteiger charge is 2.17. The molecular weight excluding hydrogens is 228 g/mol. The Kier molecular flexibility index (Phi) is 2.95. The third-order valence-corrected chi connectivity index (χ3v) is 2.48. The van der Waals surface area contributed by atoms with Gasteiger partial charge in [-0.1, -0.05) is 18.2 Å². The number of carbonyl (C=O) groups is 1. The number of rotatable bonds is 1. The van der Waals surface area contributed by atoms with Crippen LogP contribution in [0.3, 0.4) is 0 Å². The predicted octanol–water partition coefficient (Wildman–Crippen LogP) is 2.06. The summed E-state index contributed by atoms with van der Waals surface area (Å²) in [6, 6.07) is 8.61. The van der Waals surface area contributed by atoms with Gasteiger partial charge >= 0.3 is 0 Å². The molecule has 4 nitrogen and oxygen atoms in total. The van der Waals surface area contributed by atoms with E-state index in [1.54, 1.807) is 6.07 Å². The molecule has 0 unspecified atom stereocenters. The summed E-state index contributed by atoms with van der Waals surface area (Å²) >= 11 is 0. The molecule has 0 fully saturated rings. The topological polar surface area (TPSA) is 62.0 Å². The predicted molar refractivity (Wildman–Crippen MR) is 71.8 cm³/mol. The molecule has 0 bridgehead atoms. The van der Waals surface area contributed by atoms with Gasteiger partial charge in [0.15, 0.2) is 0 Å². The lowest BCUT2D eigenvalue weighted by Crippen LogP contribution is -2.41. The molecule has 0 atom stereocenters. The number of amides is 1. The van der Waals surface area contributed by atoms with Crippen molar-refractivity contribution in [3.8, 4) is 0 Å². The van der Waals surface area contributed by atoms with Gasteiger partial charge < -0.3 is 10.3 Å². The average molecular weight is 244 g/mol. The lowest BCUT2D eigenvalue weighted by Gasteiger charge is -2.20. The summed E-state index contributed by atoms with van der Waals surface area (Å²) in [5.74, 6) is -0.232. The highest BCUT2D eigenvalue weighted by molar-refractivity contribution is 6.06. The number of para-hydroxylation sites is 1. The van der Waals surface area contributed by atoms with Crippen molar-refractivity contribution < 1.29 is 4.79 Å². The van der Waals surface area contributed by atoms with E-state index in [1.807, 2.05) is 39.0 Å². The number of fused-ring (bicyclic) bond motifs is 1. The van der Waals surface area contributed by atoms with Crippen molar-refractivity contribution in [1.82, 2.24) is 10.3 Å². The van der Waals surface area contributed by atoms with E-state index in [4.69, 9.17) is 0 Å².